The summed E-state index contributed by atoms with van der Waals surface area (Å²) in [7, 11) is 1.65. The summed E-state index contributed by atoms with van der Waals surface area (Å²) in [6.07, 6.45) is -3.31. The highest BCUT2D eigenvalue weighted by Crippen LogP contribution is 2.30. The smallest absolute Gasteiger partial charge is 0.416 e. The first-order valence-electron chi connectivity index (χ1n) is 9.13. The Kier molecular flexibility index (Phi) is 6.07. The highest BCUT2D eigenvalue weighted by molar-refractivity contribution is 5.30. The summed E-state index contributed by atoms with van der Waals surface area (Å²) in [4.78, 5) is 2.20. The molecule has 146 valence electrons. The molecule has 2 atom stereocenters. The van der Waals surface area contributed by atoms with Crippen LogP contribution < -0.4 is 10.1 Å². The van der Waals surface area contributed by atoms with Crippen molar-refractivity contribution in [1.29, 1.82) is 0 Å². The van der Waals surface area contributed by atoms with Crippen LogP contribution in [0.4, 0.5) is 13.2 Å². The molecule has 1 aliphatic rings. The van der Waals surface area contributed by atoms with E-state index in [1.54, 1.807) is 13.2 Å². The van der Waals surface area contributed by atoms with Crippen LogP contribution in [0.25, 0.3) is 0 Å². The van der Waals surface area contributed by atoms with Gasteiger partial charge in [-0.25, -0.2) is 0 Å². The third-order valence-corrected chi connectivity index (χ3v) is 5.01. The monoisotopic (exact) mass is 378 g/mol. The van der Waals surface area contributed by atoms with Gasteiger partial charge in [0.25, 0.3) is 0 Å². The average molecular weight is 378 g/mol. The van der Waals surface area contributed by atoms with Crippen LogP contribution in [-0.2, 0) is 12.7 Å². The third kappa shape index (κ3) is 5.23. The standard InChI is InChI=1S/C21H25F3N2O/c1-15(17-6-4-8-20(12-17)27-2)25-19-9-10-26(14-19)13-16-5-3-7-18(11-16)21(22,23)24/h3-8,11-12,15,19,25H,9-10,13-14H2,1-2H3. The molecule has 2 aromatic carbocycles. The van der Waals surface area contributed by atoms with E-state index in [0.29, 0.717) is 18.2 Å². The number of benzene rings is 2. The summed E-state index contributed by atoms with van der Waals surface area (Å²) in [5.41, 5.74) is 1.28. The van der Waals surface area contributed by atoms with Crippen molar-refractivity contribution in [2.75, 3.05) is 20.2 Å². The average Bonchev–Trinajstić information content (AvgIpc) is 3.08. The van der Waals surface area contributed by atoms with Gasteiger partial charge >= 0.3 is 6.18 Å². The van der Waals surface area contributed by atoms with Crippen LogP contribution in [0.5, 0.6) is 5.75 Å². The van der Waals surface area contributed by atoms with Gasteiger partial charge in [-0.3, -0.25) is 4.90 Å². The number of hydrogen-bond acceptors (Lipinski definition) is 3. The minimum absolute atomic E-state index is 0.179. The molecular formula is C21H25F3N2O. The molecule has 0 amide bonds. The molecule has 1 saturated heterocycles. The highest BCUT2D eigenvalue weighted by atomic mass is 19.4. The van der Waals surface area contributed by atoms with Crippen LogP contribution in [0.2, 0.25) is 0 Å². The van der Waals surface area contributed by atoms with E-state index < -0.39 is 11.7 Å². The molecule has 0 aliphatic carbocycles. The van der Waals surface area contributed by atoms with Crippen LogP contribution in [0.3, 0.4) is 0 Å². The molecular weight excluding hydrogens is 353 g/mol. The quantitative estimate of drug-likeness (QED) is 0.793. The summed E-state index contributed by atoms with van der Waals surface area (Å²) in [6, 6.07) is 14.1. The third-order valence-electron chi connectivity index (χ3n) is 5.01. The number of likely N-dealkylation sites (tertiary alicyclic amines) is 1. The van der Waals surface area contributed by atoms with Crippen molar-refractivity contribution in [1.82, 2.24) is 10.2 Å². The van der Waals surface area contributed by atoms with Crippen LogP contribution in [0.1, 0.15) is 36.1 Å². The van der Waals surface area contributed by atoms with Gasteiger partial charge in [0.2, 0.25) is 0 Å². The van der Waals surface area contributed by atoms with Crippen molar-refractivity contribution in [2.24, 2.45) is 0 Å². The molecule has 2 aromatic rings. The van der Waals surface area contributed by atoms with Gasteiger partial charge in [0.15, 0.2) is 0 Å². The number of hydrogen-bond donors (Lipinski definition) is 1. The molecule has 27 heavy (non-hydrogen) atoms. The molecule has 0 spiro atoms. The Morgan fingerprint density at radius 2 is 1.96 bits per heavy atom. The van der Waals surface area contributed by atoms with Gasteiger partial charge in [-0.1, -0.05) is 30.3 Å². The number of rotatable bonds is 6. The molecule has 0 saturated carbocycles. The predicted octanol–water partition coefficient (Wildman–Crippen LogP) is 4.64. The zero-order valence-corrected chi connectivity index (χ0v) is 15.6. The molecule has 6 heteroatoms. The van der Waals surface area contributed by atoms with Crippen LogP contribution in [0, 0.1) is 0 Å². The van der Waals surface area contributed by atoms with Gasteiger partial charge in [-0.05, 0) is 42.7 Å². The Morgan fingerprint density at radius 3 is 2.70 bits per heavy atom. The fraction of sp³-hybridized carbons (Fsp3) is 0.429. The fourth-order valence-corrected chi connectivity index (χ4v) is 3.58. The normalized spacial score (nSPS) is 19.2. The lowest BCUT2D eigenvalue weighted by atomic mass is 10.1. The number of methoxy groups -OCH3 is 1. The lowest BCUT2D eigenvalue weighted by Gasteiger charge is -2.21. The molecule has 1 fully saturated rings. The van der Waals surface area contributed by atoms with E-state index in [1.807, 2.05) is 18.2 Å². The second-order valence-corrected chi connectivity index (χ2v) is 7.08. The molecule has 1 heterocycles. The van der Waals surface area contributed by atoms with E-state index in [0.717, 1.165) is 36.9 Å². The molecule has 1 N–H and O–H groups in total. The summed E-state index contributed by atoms with van der Waals surface area (Å²) in [5, 5.41) is 3.62. The summed E-state index contributed by atoms with van der Waals surface area (Å²) in [6.45, 7) is 4.35. The van der Waals surface area contributed by atoms with E-state index in [9.17, 15) is 13.2 Å². The Hall–Kier alpha value is -2.05. The fourth-order valence-electron chi connectivity index (χ4n) is 3.58. The maximum absolute atomic E-state index is 12.9. The number of nitrogens with one attached hydrogen (secondary N) is 1. The van der Waals surface area contributed by atoms with E-state index in [1.165, 1.54) is 12.1 Å². The Morgan fingerprint density at radius 1 is 1.19 bits per heavy atom. The Bertz CT molecular complexity index is 763. The lowest BCUT2D eigenvalue weighted by molar-refractivity contribution is -0.137. The topological polar surface area (TPSA) is 24.5 Å². The van der Waals surface area contributed by atoms with Crippen molar-refractivity contribution in [2.45, 2.75) is 38.1 Å². The maximum atomic E-state index is 12.9. The minimum atomic E-state index is -4.29. The van der Waals surface area contributed by atoms with Gasteiger partial charge in [0.05, 0.1) is 12.7 Å². The van der Waals surface area contributed by atoms with Crippen LogP contribution in [-0.4, -0.2) is 31.1 Å². The zero-order chi connectivity index (χ0) is 19.4. The van der Waals surface area contributed by atoms with E-state index >= 15 is 0 Å². The van der Waals surface area contributed by atoms with Gasteiger partial charge < -0.3 is 10.1 Å². The maximum Gasteiger partial charge on any atom is 0.416 e. The second-order valence-electron chi connectivity index (χ2n) is 7.08. The van der Waals surface area contributed by atoms with E-state index in [-0.39, 0.29) is 6.04 Å². The Labute approximate surface area is 158 Å². The number of nitrogens with zero attached hydrogens (tertiary/aromatic N) is 1. The van der Waals surface area contributed by atoms with Gasteiger partial charge in [0.1, 0.15) is 5.75 Å². The highest BCUT2D eigenvalue weighted by Gasteiger charge is 2.31. The van der Waals surface area contributed by atoms with Crippen molar-refractivity contribution in [3.8, 4) is 5.75 Å². The van der Waals surface area contributed by atoms with Crippen molar-refractivity contribution in [3.05, 3.63) is 65.2 Å². The summed E-state index contributed by atoms with van der Waals surface area (Å²) >= 11 is 0. The first-order valence-corrected chi connectivity index (χ1v) is 9.13. The van der Waals surface area contributed by atoms with E-state index in [2.05, 4.69) is 23.2 Å². The molecule has 2 unspecified atom stereocenters. The SMILES string of the molecule is COc1cccc(C(C)NC2CCN(Cc3cccc(C(F)(F)F)c3)C2)c1. The molecule has 3 nitrogen and oxygen atoms in total. The van der Waals surface area contributed by atoms with Crippen molar-refractivity contribution >= 4 is 0 Å². The van der Waals surface area contributed by atoms with Gasteiger partial charge in [-0.15, -0.1) is 0 Å². The lowest BCUT2D eigenvalue weighted by Crippen LogP contribution is -2.34. The minimum Gasteiger partial charge on any atom is -0.497 e. The summed E-state index contributed by atoms with van der Waals surface area (Å²) < 4.78 is 43.9. The largest absolute Gasteiger partial charge is 0.497 e. The predicted molar refractivity (Wildman–Crippen MR) is 99.7 cm³/mol. The van der Waals surface area contributed by atoms with Crippen molar-refractivity contribution < 1.29 is 17.9 Å². The Balaban J connectivity index is 1.56. The van der Waals surface area contributed by atoms with Crippen molar-refractivity contribution in [3.63, 3.8) is 0 Å². The number of alkyl halides is 3. The zero-order valence-electron chi connectivity index (χ0n) is 15.6. The molecule has 1 aliphatic heterocycles. The van der Waals surface area contributed by atoms with Crippen LogP contribution in [0.15, 0.2) is 48.5 Å². The van der Waals surface area contributed by atoms with Crippen LogP contribution >= 0.6 is 0 Å². The number of halogens is 3. The first-order chi connectivity index (χ1) is 12.8. The van der Waals surface area contributed by atoms with Gasteiger partial charge in [-0.2, -0.15) is 13.2 Å². The second kappa shape index (κ2) is 8.31. The molecule has 3 rings (SSSR count). The molecule has 0 radical (unpaired) electrons. The molecule has 0 bridgehead atoms. The van der Waals surface area contributed by atoms with Gasteiger partial charge in [0, 0.05) is 31.7 Å². The molecule has 0 aromatic heterocycles. The first kappa shape index (κ1) is 19.7. The summed E-state index contributed by atoms with van der Waals surface area (Å²) in [5.74, 6) is 0.832. The van der Waals surface area contributed by atoms with E-state index in [4.69, 9.17) is 4.74 Å². The number of ether oxygens (including phenoxy) is 1.